The molecule has 0 radical (unpaired) electrons. The Morgan fingerprint density at radius 3 is 0.690 bits per heavy atom. The number of amides is 2. The third-order valence-electron chi connectivity index (χ3n) is 11.9. The van der Waals surface area contributed by atoms with Crippen molar-refractivity contribution in [1.82, 2.24) is 10.6 Å². The van der Waals surface area contributed by atoms with E-state index < -0.39 is 23.1 Å². The molecule has 18 nitrogen and oxygen atoms in total. The van der Waals surface area contributed by atoms with Gasteiger partial charge in [-0.15, -0.1) is 0 Å². The summed E-state index contributed by atoms with van der Waals surface area (Å²) in [5.41, 5.74) is 9.96. The molecule has 20 heteroatoms. The Labute approximate surface area is 540 Å². The van der Waals surface area contributed by atoms with Crippen molar-refractivity contribution in [3.63, 3.8) is 0 Å². The Morgan fingerprint density at radius 2 is 0.524 bits per heavy atom. The van der Waals surface area contributed by atoms with E-state index in [2.05, 4.69) is 22.2 Å². The second-order valence-corrected chi connectivity index (χ2v) is 23.4. The summed E-state index contributed by atoms with van der Waals surface area (Å²) < 4.78 is 10.3. The summed E-state index contributed by atoms with van der Waals surface area (Å²) in [4.78, 5) is 74.0. The molecule has 0 bridgehead atoms. The normalized spacial score (nSPS) is 10.1. The number of carbonyl (C=O) groups excluding carboxylic acids is 5. The standard InChI is InChI=1S/C18H35NO3.C17H33NO4.C13H27NO.C12H25NO2.C2H3ClO.2CH4O.Na.H2O/c1-16(20)14-12-10-8-6-5-7-9-11-13-15-19-17(21)22-18(2,3)4;1-17(2,3)22-16(21)18-14-12-10-8-6-4-5-7-9-11-13-15(19)20;1-13(15)11-9-7-5-3-2-4-6-8-10-12-14;13-11-9-7-5-3-1-2-4-6-8-10-12(14)15;1-2(3)4;2*1-2;;/h5-15H2,1-4H3,(H,19,21);4-14H2,1-3H3,(H,18,21)(H,19,20);2-12,14H2,1H3;1-11,13H2,(H,14,15);1H3;2*2H,1H3;;1H2/q;;;;;;;+1;/p-1. The van der Waals surface area contributed by atoms with Crippen LogP contribution in [0.4, 0.5) is 9.59 Å². The molecule has 0 spiro atoms. The monoisotopic (exact) mass is 1240 g/mol. The van der Waals surface area contributed by atoms with Crippen LogP contribution in [0, 0.1) is 0 Å². The quantitative estimate of drug-likeness (QED) is 0.0159. The second kappa shape index (κ2) is 82.6. The first-order chi connectivity index (χ1) is 38.9. The maximum absolute atomic E-state index is 11.4. The number of nitrogens with one attached hydrogen (secondary N) is 2. The van der Waals surface area contributed by atoms with E-state index in [1.807, 2.05) is 41.5 Å². The zero-order valence-corrected chi connectivity index (χ0v) is 58.8. The van der Waals surface area contributed by atoms with Crippen LogP contribution in [-0.4, -0.2) is 118 Å². The number of halogens is 1. The largest absolute Gasteiger partial charge is 1.00 e. The predicted octanol–water partition coefficient (Wildman–Crippen LogP) is 12.7. The van der Waals surface area contributed by atoms with E-state index in [0.29, 0.717) is 37.5 Å². The minimum absolute atomic E-state index is 0. The number of ketones is 2. The van der Waals surface area contributed by atoms with E-state index in [1.165, 1.54) is 161 Å². The first kappa shape index (κ1) is 101. The maximum Gasteiger partial charge on any atom is 1.00 e. The molecular weight excluding hydrogens is 1110 g/mol. The van der Waals surface area contributed by atoms with Gasteiger partial charge in [0.05, 0.1) is 0 Å². The molecule has 0 rings (SSSR count). The summed E-state index contributed by atoms with van der Waals surface area (Å²) in [7, 11) is 2.00. The minimum atomic E-state index is -0.694. The molecule has 84 heavy (non-hydrogen) atoms. The third kappa shape index (κ3) is 130. The van der Waals surface area contributed by atoms with Crippen molar-refractivity contribution >= 4 is 52.5 Å². The zero-order valence-electron chi connectivity index (χ0n) is 56.1. The molecule has 0 saturated carbocycles. The summed E-state index contributed by atoms with van der Waals surface area (Å²) >= 11 is 4.64. The van der Waals surface area contributed by atoms with Crippen LogP contribution in [0.1, 0.15) is 319 Å². The number of carbonyl (C=O) groups is 7. The summed E-state index contributed by atoms with van der Waals surface area (Å²) in [5, 5.41) is 36.1. The van der Waals surface area contributed by atoms with E-state index in [9.17, 15) is 33.6 Å². The Hall–Kier alpha value is -2.42. The average Bonchev–Trinajstić information content (AvgIpc) is 3.38. The molecule has 0 aliphatic heterocycles. The number of hydrogen-bond acceptors (Lipinski definition) is 14. The van der Waals surface area contributed by atoms with Gasteiger partial charge in [0.2, 0.25) is 5.24 Å². The number of Topliss-reactive ketones (excluding diaryl/α,β-unsaturated/α-hetero) is 2. The number of hydrogen-bond donors (Lipinski definition) is 8. The second-order valence-electron chi connectivity index (χ2n) is 22.8. The minimum Gasteiger partial charge on any atom is -0.870 e. The van der Waals surface area contributed by atoms with Gasteiger partial charge in [0, 0.05) is 59.9 Å². The van der Waals surface area contributed by atoms with Crippen molar-refractivity contribution in [3.8, 4) is 0 Å². The number of carboxylic acid groups (broad SMARTS) is 2. The van der Waals surface area contributed by atoms with Gasteiger partial charge in [-0.05, 0) is 131 Å². The fraction of sp³-hybridized carbons (Fsp3) is 0.891. The number of ether oxygens (including phenoxy) is 2. The molecule has 0 atom stereocenters. The van der Waals surface area contributed by atoms with Crippen LogP contribution in [-0.2, 0) is 33.4 Å². The Balaban J connectivity index is -0.000000123. The molecule has 500 valence electrons. The first-order valence-corrected chi connectivity index (χ1v) is 32.1. The summed E-state index contributed by atoms with van der Waals surface area (Å²) in [6.07, 6.45) is 44.1. The number of carboxylic acids is 2. The molecule has 0 heterocycles. The molecule has 0 unspecified atom stereocenters. The van der Waals surface area contributed by atoms with Crippen LogP contribution in [0.25, 0.3) is 0 Å². The van der Waals surface area contributed by atoms with Gasteiger partial charge in [-0.3, -0.25) is 14.4 Å². The van der Waals surface area contributed by atoms with Crippen LogP contribution < -0.4 is 51.7 Å². The van der Waals surface area contributed by atoms with Gasteiger partial charge in [0.25, 0.3) is 0 Å². The van der Waals surface area contributed by atoms with Crippen molar-refractivity contribution in [2.24, 2.45) is 11.5 Å². The van der Waals surface area contributed by atoms with Crippen molar-refractivity contribution < 1.29 is 98.5 Å². The molecule has 0 aromatic heterocycles. The van der Waals surface area contributed by atoms with Crippen molar-refractivity contribution in [2.75, 3.05) is 40.4 Å². The van der Waals surface area contributed by atoms with E-state index in [1.54, 1.807) is 13.8 Å². The van der Waals surface area contributed by atoms with E-state index in [4.69, 9.17) is 41.4 Å². The molecule has 0 saturated heterocycles. The van der Waals surface area contributed by atoms with Gasteiger partial charge < -0.3 is 67.1 Å². The Kier molecular flexibility index (Phi) is 98.9. The smallest absolute Gasteiger partial charge is 0.870 e. The number of aliphatic carboxylic acids is 2. The number of alkyl carbamates (subject to hydrolysis) is 2. The maximum atomic E-state index is 11.4. The predicted molar refractivity (Wildman–Crippen MR) is 343 cm³/mol. The van der Waals surface area contributed by atoms with Crippen molar-refractivity contribution in [2.45, 2.75) is 330 Å². The summed E-state index contributed by atoms with van der Waals surface area (Å²) in [6, 6.07) is 0. The van der Waals surface area contributed by atoms with Crippen LogP contribution in [0.5, 0.6) is 0 Å². The Morgan fingerprint density at radius 1 is 0.357 bits per heavy atom. The third-order valence-corrected chi connectivity index (χ3v) is 11.9. The fourth-order valence-electron chi connectivity index (χ4n) is 7.80. The van der Waals surface area contributed by atoms with Gasteiger partial charge >= 0.3 is 53.7 Å². The molecule has 0 aliphatic carbocycles. The molecule has 0 aromatic rings. The van der Waals surface area contributed by atoms with Crippen molar-refractivity contribution in [3.05, 3.63) is 0 Å². The SMILES string of the molecule is CC(=O)CCCCCCCCCCCN.CC(=O)CCCCCCCCCCCNC(=O)OC(C)(C)C.CC(=O)Cl.CC(C)(C)OC(=O)NCCCCCCCCCCCC(=O)O.CO.CO.NCCCCCCCCCCCC(=O)O.[Na+].[OH-]. The van der Waals surface area contributed by atoms with Gasteiger partial charge in [-0.25, -0.2) is 9.59 Å². The number of unbranched alkanes of at least 4 members (excludes halogenated alkanes) is 32. The zero-order chi connectivity index (χ0) is 64.0. The molecule has 2 amide bonds. The van der Waals surface area contributed by atoms with Crippen LogP contribution in [0.15, 0.2) is 0 Å². The van der Waals surface area contributed by atoms with Crippen LogP contribution >= 0.6 is 11.6 Å². The van der Waals surface area contributed by atoms with Crippen molar-refractivity contribution in [1.29, 1.82) is 0 Å². The van der Waals surface area contributed by atoms with E-state index >= 15 is 0 Å². The molecule has 0 aliphatic rings. The van der Waals surface area contributed by atoms with Gasteiger partial charge in [-0.2, -0.15) is 0 Å². The topological polar surface area (TPSA) is 325 Å². The van der Waals surface area contributed by atoms with E-state index in [0.717, 1.165) is 117 Å². The summed E-state index contributed by atoms with van der Waals surface area (Å²) in [5.74, 6) is -0.728. The number of nitrogens with two attached hydrogens (primary N) is 2. The number of rotatable bonds is 46. The Bertz CT molecular complexity index is 1310. The average molecular weight is 1240 g/mol. The van der Waals surface area contributed by atoms with Gasteiger partial charge in [0.15, 0.2) is 0 Å². The number of aliphatic hydroxyl groups excluding tert-OH is 2. The molecule has 11 N–H and O–H groups in total. The van der Waals surface area contributed by atoms with E-state index in [-0.39, 0.29) is 52.5 Å². The fourth-order valence-corrected chi connectivity index (χ4v) is 7.80. The van der Waals surface area contributed by atoms with Gasteiger partial charge in [-0.1, -0.05) is 180 Å². The molecule has 0 aromatic carbocycles. The van der Waals surface area contributed by atoms with Crippen LogP contribution in [0.2, 0.25) is 0 Å². The van der Waals surface area contributed by atoms with Crippen LogP contribution in [0.3, 0.4) is 0 Å². The molecular formula is C64H132ClN4NaO14. The number of aliphatic hydroxyl groups is 2. The van der Waals surface area contributed by atoms with Gasteiger partial charge in [0.1, 0.15) is 22.8 Å². The molecule has 0 fully saturated rings. The summed E-state index contributed by atoms with van der Waals surface area (Å²) in [6.45, 7) is 18.8. The first-order valence-electron chi connectivity index (χ1n) is 31.7.